The number of carbonyl (C=O) groups excluding carboxylic acids is 1. The minimum Gasteiger partial charge on any atom is -0.293 e. The fourth-order valence-electron chi connectivity index (χ4n) is 1.45. The van der Waals surface area contributed by atoms with Crippen LogP contribution in [0, 0.1) is 18.7 Å². The average molecular weight is 288 g/mol. The first-order valence-corrected chi connectivity index (χ1v) is 4.88. The predicted octanol–water partition coefficient (Wildman–Crippen LogP) is 4.06. The van der Waals surface area contributed by atoms with Gasteiger partial charge in [0, 0.05) is 5.56 Å². The Balaban J connectivity index is 3.24. The SMILES string of the molecule is Cc1cc(C(=O)C(C(F)(F)F)C(F)(F)F)ccc1F. The lowest BCUT2D eigenvalue weighted by Crippen LogP contribution is -2.42. The summed E-state index contributed by atoms with van der Waals surface area (Å²) in [6.45, 7) is 1.13. The molecule has 0 fully saturated rings. The van der Waals surface area contributed by atoms with E-state index < -0.39 is 35.4 Å². The number of halogens is 7. The van der Waals surface area contributed by atoms with E-state index in [0.717, 1.165) is 6.92 Å². The summed E-state index contributed by atoms with van der Waals surface area (Å²) in [5.74, 6) is -7.08. The molecule has 0 saturated carbocycles. The van der Waals surface area contributed by atoms with Crippen LogP contribution in [0.5, 0.6) is 0 Å². The van der Waals surface area contributed by atoms with Crippen LogP contribution >= 0.6 is 0 Å². The molecule has 0 aliphatic carbocycles. The van der Waals surface area contributed by atoms with E-state index in [1.807, 2.05) is 0 Å². The molecule has 0 aliphatic heterocycles. The molecule has 0 spiro atoms. The first-order chi connectivity index (χ1) is 8.44. The zero-order valence-corrected chi connectivity index (χ0v) is 9.36. The van der Waals surface area contributed by atoms with E-state index in [-0.39, 0.29) is 5.56 Å². The van der Waals surface area contributed by atoms with Crippen molar-refractivity contribution in [3.05, 3.63) is 35.1 Å². The first kappa shape index (κ1) is 15.5. The summed E-state index contributed by atoms with van der Waals surface area (Å²) in [7, 11) is 0. The van der Waals surface area contributed by atoms with Gasteiger partial charge in [-0.15, -0.1) is 0 Å². The molecule has 0 saturated heterocycles. The standard InChI is InChI=1S/C11H7F7O/c1-5-4-6(2-3-7(5)12)8(19)9(10(13,14)15)11(16,17)18/h2-4,9H,1H3. The smallest absolute Gasteiger partial charge is 0.293 e. The largest absolute Gasteiger partial charge is 0.407 e. The van der Waals surface area contributed by atoms with Crippen molar-refractivity contribution >= 4 is 5.78 Å². The summed E-state index contributed by atoms with van der Waals surface area (Å²) in [4.78, 5) is 11.3. The van der Waals surface area contributed by atoms with Crippen molar-refractivity contribution in [1.29, 1.82) is 0 Å². The summed E-state index contributed by atoms with van der Waals surface area (Å²) in [5, 5.41) is 0. The van der Waals surface area contributed by atoms with E-state index in [2.05, 4.69) is 0 Å². The van der Waals surface area contributed by atoms with Gasteiger partial charge in [0.15, 0.2) is 5.78 Å². The highest BCUT2D eigenvalue weighted by atomic mass is 19.4. The third-order valence-corrected chi connectivity index (χ3v) is 2.36. The van der Waals surface area contributed by atoms with E-state index in [0.29, 0.717) is 18.2 Å². The topological polar surface area (TPSA) is 17.1 Å². The minimum atomic E-state index is -5.75. The van der Waals surface area contributed by atoms with Crippen molar-refractivity contribution in [2.45, 2.75) is 19.3 Å². The third kappa shape index (κ3) is 3.45. The van der Waals surface area contributed by atoms with Gasteiger partial charge in [0.2, 0.25) is 5.92 Å². The number of alkyl halides is 6. The van der Waals surface area contributed by atoms with Crippen molar-refractivity contribution in [3.63, 3.8) is 0 Å². The molecule has 106 valence electrons. The van der Waals surface area contributed by atoms with Crippen LogP contribution in [0.1, 0.15) is 15.9 Å². The number of rotatable bonds is 2. The second-order valence-corrected chi connectivity index (χ2v) is 3.84. The van der Waals surface area contributed by atoms with E-state index >= 15 is 0 Å². The molecule has 1 aromatic carbocycles. The maximum atomic E-state index is 12.9. The van der Waals surface area contributed by atoms with Gasteiger partial charge >= 0.3 is 12.4 Å². The molecule has 1 aromatic rings. The van der Waals surface area contributed by atoms with E-state index in [4.69, 9.17) is 0 Å². The molecule has 0 radical (unpaired) electrons. The fraction of sp³-hybridized carbons (Fsp3) is 0.364. The quantitative estimate of drug-likeness (QED) is 0.592. The highest BCUT2D eigenvalue weighted by Crippen LogP contribution is 2.41. The summed E-state index contributed by atoms with van der Waals surface area (Å²) in [6, 6.07) is 1.89. The molecule has 0 aromatic heterocycles. The number of carbonyl (C=O) groups is 1. The van der Waals surface area contributed by atoms with Crippen molar-refractivity contribution in [1.82, 2.24) is 0 Å². The van der Waals surface area contributed by atoms with Crippen LogP contribution in [0.25, 0.3) is 0 Å². The highest BCUT2D eigenvalue weighted by molar-refractivity contribution is 5.99. The zero-order valence-electron chi connectivity index (χ0n) is 9.36. The summed E-state index contributed by atoms with van der Waals surface area (Å²) in [6.07, 6.45) is -11.5. The summed E-state index contributed by atoms with van der Waals surface area (Å²) >= 11 is 0. The molecular formula is C11H7F7O. The van der Waals surface area contributed by atoms with Crippen molar-refractivity contribution < 1.29 is 35.5 Å². The maximum Gasteiger partial charge on any atom is 0.407 e. The van der Waals surface area contributed by atoms with Gasteiger partial charge in [-0.2, -0.15) is 26.3 Å². The Kier molecular flexibility index (Phi) is 3.92. The zero-order chi connectivity index (χ0) is 15.0. The van der Waals surface area contributed by atoms with E-state index in [9.17, 15) is 35.5 Å². The minimum absolute atomic E-state index is 0.214. The monoisotopic (exact) mass is 288 g/mol. The summed E-state index contributed by atoms with van der Waals surface area (Å²) < 4.78 is 86.8. The van der Waals surface area contributed by atoms with Gasteiger partial charge in [0.1, 0.15) is 5.82 Å². The molecular weight excluding hydrogens is 281 g/mol. The lowest BCUT2D eigenvalue weighted by atomic mass is 9.95. The van der Waals surface area contributed by atoms with Gasteiger partial charge in [0.05, 0.1) is 0 Å². The number of Topliss-reactive ketones (excluding diaryl/α,β-unsaturated/α-hetero) is 1. The first-order valence-electron chi connectivity index (χ1n) is 4.88. The molecule has 1 rings (SSSR count). The molecule has 8 heteroatoms. The third-order valence-electron chi connectivity index (χ3n) is 2.36. The molecule has 0 aliphatic rings. The van der Waals surface area contributed by atoms with Gasteiger partial charge in [0.25, 0.3) is 0 Å². The molecule has 19 heavy (non-hydrogen) atoms. The Hall–Kier alpha value is -1.60. The molecule has 0 atom stereocenters. The molecule has 1 nitrogen and oxygen atoms in total. The molecule has 0 amide bonds. The average Bonchev–Trinajstić information content (AvgIpc) is 2.17. The Morgan fingerprint density at radius 1 is 1.05 bits per heavy atom. The van der Waals surface area contributed by atoms with Crippen LogP contribution in [-0.2, 0) is 0 Å². The van der Waals surface area contributed by atoms with Gasteiger partial charge < -0.3 is 0 Å². The van der Waals surface area contributed by atoms with E-state index in [1.54, 1.807) is 0 Å². The van der Waals surface area contributed by atoms with Crippen LogP contribution in [0.4, 0.5) is 30.7 Å². The molecule has 0 unspecified atom stereocenters. The Labute approximate surface area is 103 Å². The maximum absolute atomic E-state index is 12.9. The lowest BCUT2D eigenvalue weighted by molar-refractivity contribution is -0.264. The number of hydrogen-bond donors (Lipinski definition) is 0. The van der Waals surface area contributed by atoms with Crippen LogP contribution in [0.15, 0.2) is 18.2 Å². The van der Waals surface area contributed by atoms with Gasteiger partial charge in [-0.3, -0.25) is 4.79 Å². The van der Waals surface area contributed by atoms with Crippen molar-refractivity contribution in [3.8, 4) is 0 Å². The van der Waals surface area contributed by atoms with Crippen LogP contribution in [-0.4, -0.2) is 18.1 Å². The Morgan fingerprint density at radius 3 is 1.89 bits per heavy atom. The number of ketones is 1. The molecule has 0 N–H and O–H groups in total. The highest BCUT2D eigenvalue weighted by Gasteiger charge is 2.60. The second-order valence-electron chi connectivity index (χ2n) is 3.84. The predicted molar refractivity (Wildman–Crippen MR) is 51.1 cm³/mol. The van der Waals surface area contributed by atoms with Gasteiger partial charge in [-0.1, -0.05) is 0 Å². The lowest BCUT2D eigenvalue weighted by Gasteiger charge is -2.21. The summed E-state index contributed by atoms with van der Waals surface area (Å²) in [5.41, 5.74) is -1.05. The number of hydrogen-bond acceptors (Lipinski definition) is 1. The second kappa shape index (κ2) is 4.82. The van der Waals surface area contributed by atoms with Crippen molar-refractivity contribution in [2.75, 3.05) is 0 Å². The van der Waals surface area contributed by atoms with Crippen LogP contribution < -0.4 is 0 Å². The Morgan fingerprint density at radius 2 is 1.53 bits per heavy atom. The normalized spacial score (nSPS) is 12.9. The number of benzene rings is 1. The van der Waals surface area contributed by atoms with Crippen molar-refractivity contribution in [2.24, 2.45) is 5.92 Å². The number of aryl methyl sites for hydroxylation is 1. The molecule has 0 heterocycles. The van der Waals surface area contributed by atoms with E-state index in [1.165, 1.54) is 0 Å². The fourth-order valence-corrected chi connectivity index (χ4v) is 1.45. The van der Waals surface area contributed by atoms with Gasteiger partial charge in [-0.25, -0.2) is 4.39 Å². The molecule has 0 bridgehead atoms. The van der Waals surface area contributed by atoms with Gasteiger partial charge in [-0.05, 0) is 30.7 Å². The van der Waals surface area contributed by atoms with Crippen LogP contribution in [0.2, 0.25) is 0 Å². The van der Waals surface area contributed by atoms with Crippen LogP contribution in [0.3, 0.4) is 0 Å². The Bertz CT molecular complexity index is 473.